The third-order valence-electron chi connectivity index (χ3n) is 4.36. The molecule has 0 aromatic carbocycles. The highest BCUT2D eigenvalue weighted by Crippen LogP contribution is 2.21. The second kappa shape index (κ2) is 7.03. The molecule has 1 amide bonds. The van der Waals surface area contributed by atoms with Crippen LogP contribution < -0.4 is 10.9 Å². The Bertz CT molecular complexity index is 926. The number of hydrogen-bond acceptors (Lipinski definition) is 7. The van der Waals surface area contributed by atoms with Gasteiger partial charge in [0.2, 0.25) is 5.91 Å². The van der Waals surface area contributed by atoms with Gasteiger partial charge in [-0.3, -0.25) is 18.9 Å². The molecule has 0 aliphatic carbocycles. The number of nitrogens with zero attached hydrogens (tertiary/aromatic N) is 4. The van der Waals surface area contributed by atoms with E-state index in [0.717, 1.165) is 36.6 Å². The van der Waals surface area contributed by atoms with Crippen LogP contribution >= 0.6 is 22.7 Å². The number of rotatable bonds is 4. The highest BCUT2D eigenvalue weighted by atomic mass is 32.1. The minimum atomic E-state index is -0.0426. The maximum Gasteiger partial charge on any atom is 0.258 e. The molecule has 9 heteroatoms. The van der Waals surface area contributed by atoms with Gasteiger partial charge in [-0.05, 0) is 25.9 Å². The minimum Gasteiger partial charge on any atom is -0.302 e. The molecule has 0 unspecified atom stereocenters. The van der Waals surface area contributed by atoms with E-state index in [1.54, 1.807) is 22.9 Å². The summed E-state index contributed by atoms with van der Waals surface area (Å²) < 4.78 is 1.56. The fourth-order valence-corrected chi connectivity index (χ4v) is 4.31. The lowest BCUT2D eigenvalue weighted by Crippen LogP contribution is -2.38. The summed E-state index contributed by atoms with van der Waals surface area (Å²) in [5, 5.41) is 7.24. The van der Waals surface area contributed by atoms with Gasteiger partial charge in [-0.2, -0.15) is 0 Å². The lowest BCUT2D eigenvalue weighted by Gasteiger charge is -2.30. The zero-order valence-corrected chi connectivity index (χ0v) is 15.1. The van der Waals surface area contributed by atoms with Crippen LogP contribution in [0.25, 0.3) is 4.96 Å². The van der Waals surface area contributed by atoms with Crippen molar-refractivity contribution in [3.63, 3.8) is 0 Å². The van der Waals surface area contributed by atoms with Crippen molar-refractivity contribution < 1.29 is 4.79 Å². The molecule has 7 nitrogen and oxygen atoms in total. The van der Waals surface area contributed by atoms with Crippen molar-refractivity contribution in [3.8, 4) is 0 Å². The summed E-state index contributed by atoms with van der Waals surface area (Å²) in [6.07, 6.45) is 5.03. The summed E-state index contributed by atoms with van der Waals surface area (Å²) in [6.45, 7) is 2.29. The van der Waals surface area contributed by atoms with Crippen molar-refractivity contribution in [3.05, 3.63) is 45.3 Å². The van der Waals surface area contributed by atoms with E-state index in [-0.39, 0.29) is 17.4 Å². The van der Waals surface area contributed by atoms with Gasteiger partial charge in [0.25, 0.3) is 5.56 Å². The number of piperidine rings is 1. The van der Waals surface area contributed by atoms with E-state index in [1.165, 1.54) is 22.7 Å². The van der Waals surface area contributed by atoms with E-state index in [4.69, 9.17) is 0 Å². The van der Waals surface area contributed by atoms with Gasteiger partial charge in [-0.1, -0.05) is 0 Å². The number of hydrogen-bond donors (Lipinski definition) is 1. The van der Waals surface area contributed by atoms with Gasteiger partial charge >= 0.3 is 0 Å². The van der Waals surface area contributed by atoms with Crippen LogP contribution in [0.4, 0.5) is 5.13 Å². The van der Waals surface area contributed by atoms with Gasteiger partial charge in [0.15, 0.2) is 10.1 Å². The highest BCUT2D eigenvalue weighted by molar-refractivity contribution is 7.15. The molecule has 1 aliphatic rings. The van der Waals surface area contributed by atoms with Crippen LogP contribution in [0.5, 0.6) is 0 Å². The zero-order valence-electron chi connectivity index (χ0n) is 13.4. The number of nitrogens with one attached hydrogen (secondary N) is 1. The molecule has 1 saturated heterocycles. The fourth-order valence-electron chi connectivity index (χ4n) is 3.04. The number of likely N-dealkylation sites (tertiary alicyclic amines) is 1. The van der Waals surface area contributed by atoms with E-state index in [0.29, 0.717) is 11.7 Å². The molecule has 0 atom stereocenters. The minimum absolute atomic E-state index is 0.0125. The molecular weight excluding hydrogens is 358 g/mol. The summed E-state index contributed by atoms with van der Waals surface area (Å²) in [4.78, 5) is 35.9. The molecule has 0 bridgehead atoms. The largest absolute Gasteiger partial charge is 0.302 e. The van der Waals surface area contributed by atoms with Gasteiger partial charge < -0.3 is 5.32 Å². The van der Waals surface area contributed by atoms with Crippen LogP contribution in [-0.4, -0.2) is 38.3 Å². The smallest absolute Gasteiger partial charge is 0.258 e. The third kappa shape index (κ3) is 3.63. The molecule has 1 aliphatic heterocycles. The standard InChI is InChI=1S/C16H17N5O2S2/c22-13-9-12(18-16-21(13)6-8-25-16)10-20-4-1-11(2-5-20)14(23)19-15-17-3-7-24-15/h3,6-9,11H,1-2,4-5,10H2,(H,17,19,23). The molecule has 0 saturated carbocycles. The van der Waals surface area contributed by atoms with E-state index in [9.17, 15) is 9.59 Å². The molecule has 4 heterocycles. The topological polar surface area (TPSA) is 79.6 Å². The number of thiazole rings is 2. The predicted molar refractivity (Wildman–Crippen MR) is 98.1 cm³/mol. The Labute approximate surface area is 152 Å². The number of fused-ring (bicyclic) bond motifs is 1. The monoisotopic (exact) mass is 375 g/mol. The van der Waals surface area contributed by atoms with Crippen molar-refractivity contribution >= 4 is 38.7 Å². The first-order valence-electron chi connectivity index (χ1n) is 8.07. The van der Waals surface area contributed by atoms with E-state index < -0.39 is 0 Å². The number of aromatic nitrogens is 3. The van der Waals surface area contributed by atoms with Crippen molar-refractivity contribution in [2.24, 2.45) is 5.92 Å². The Kier molecular flexibility index (Phi) is 4.60. The van der Waals surface area contributed by atoms with Crippen LogP contribution in [0.3, 0.4) is 0 Å². The second-order valence-corrected chi connectivity index (χ2v) is 7.79. The summed E-state index contributed by atoms with van der Waals surface area (Å²) in [6, 6.07) is 1.60. The van der Waals surface area contributed by atoms with Crippen LogP contribution in [0, 0.1) is 5.92 Å². The van der Waals surface area contributed by atoms with Gasteiger partial charge in [-0.15, -0.1) is 22.7 Å². The Morgan fingerprint density at radius 1 is 1.28 bits per heavy atom. The summed E-state index contributed by atoms with van der Waals surface area (Å²) >= 11 is 2.89. The Balaban J connectivity index is 1.35. The van der Waals surface area contributed by atoms with Crippen LogP contribution in [0.2, 0.25) is 0 Å². The third-order valence-corrected chi connectivity index (χ3v) is 5.81. The molecule has 3 aromatic heterocycles. The second-order valence-electron chi connectivity index (χ2n) is 6.02. The van der Waals surface area contributed by atoms with Gasteiger partial charge in [-0.25, -0.2) is 9.97 Å². The molecule has 0 radical (unpaired) electrons. The molecule has 1 N–H and O–H groups in total. The summed E-state index contributed by atoms with van der Waals surface area (Å²) in [5.41, 5.74) is 0.747. The van der Waals surface area contributed by atoms with Gasteiger partial charge in [0.1, 0.15) is 0 Å². The van der Waals surface area contributed by atoms with Gasteiger partial charge in [0, 0.05) is 41.7 Å². The predicted octanol–water partition coefficient (Wildman–Crippen LogP) is 2.06. The number of amides is 1. The first kappa shape index (κ1) is 16.4. The lowest BCUT2D eigenvalue weighted by molar-refractivity contribution is -0.121. The van der Waals surface area contributed by atoms with Crippen molar-refractivity contribution in [1.82, 2.24) is 19.3 Å². The fraction of sp³-hybridized carbons (Fsp3) is 0.375. The average Bonchev–Trinajstić information content (AvgIpc) is 3.27. The SMILES string of the molecule is O=C(Nc1nccs1)C1CCN(Cc2cc(=O)n3ccsc3n2)CC1. The Hall–Kier alpha value is -2.10. The summed E-state index contributed by atoms with van der Waals surface area (Å²) in [7, 11) is 0. The maximum absolute atomic E-state index is 12.3. The van der Waals surface area contributed by atoms with E-state index in [2.05, 4.69) is 20.2 Å². The molecule has 0 spiro atoms. The average molecular weight is 375 g/mol. The normalized spacial score (nSPS) is 16.3. The Morgan fingerprint density at radius 3 is 2.88 bits per heavy atom. The van der Waals surface area contributed by atoms with Crippen LogP contribution in [0.1, 0.15) is 18.5 Å². The molecule has 130 valence electrons. The zero-order chi connectivity index (χ0) is 17.2. The lowest BCUT2D eigenvalue weighted by atomic mass is 9.96. The molecular formula is C16H17N5O2S2. The van der Waals surface area contributed by atoms with E-state index >= 15 is 0 Å². The highest BCUT2D eigenvalue weighted by Gasteiger charge is 2.25. The first-order valence-corrected chi connectivity index (χ1v) is 9.83. The molecule has 1 fully saturated rings. The van der Waals surface area contributed by atoms with Crippen molar-refractivity contribution in [2.45, 2.75) is 19.4 Å². The molecule has 3 aromatic rings. The first-order chi connectivity index (χ1) is 12.2. The van der Waals surface area contributed by atoms with Crippen LogP contribution in [-0.2, 0) is 11.3 Å². The quantitative estimate of drug-likeness (QED) is 0.755. The number of anilines is 1. The maximum atomic E-state index is 12.3. The van der Waals surface area contributed by atoms with Crippen molar-refractivity contribution in [1.29, 1.82) is 0 Å². The van der Waals surface area contributed by atoms with Crippen molar-refractivity contribution in [2.75, 3.05) is 18.4 Å². The Morgan fingerprint density at radius 2 is 2.12 bits per heavy atom. The van der Waals surface area contributed by atoms with Gasteiger partial charge in [0.05, 0.1) is 5.69 Å². The molecule has 25 heavy (non-hydrogen) atoms. The summed E-state index contributed by atoms with van der Waals surface area (Å²) in [5.74, 6) is 0.0597. The number of carbonyl (C=O) groups excluding carboxylic acids is 1. The van der Waals surface area contributed by atoms with E-state index in [1.807, 2.05) is 10.8 Å². The molecule has 4 rings (SSSR count). The van der Waals surface area contributed by atoms with Crippen LogP contribution in [0.15, 0.2) is 34.0 Å². The number of carbonyl (C=O) groups is 1.